The number of para-hydroxylation sites is 1. The molecule has 6 nitrogen and oxygen atoms in total. The topological polar surface area (TPSA) is 88.5 Å². The maximum Gasteiger partial charge on any atom is 0.337 e. The molecule has 1 aromatic heterocycles. The quantitative estimate of drug-likeness (QED) is 0.169. The van der Waals surface area contributed by atoms with E-state index in [9.17, 15) is 14.7 Å². The van der Waals surface area contributed by atoms with Gasteiger partial charge in [0.25, 0.3) is 5.91 Å². The zero-order valence-corrected chi connectivity index (χ0v) is 27.2. The number of amides is 1. The number of carboxylic acid groups (broad SMARTS) is 1. The summed E-state index contributed by atoms with van der Waals surface area (Å²) in [6.45, 7) is 6.30. The van der Waals surface area contributed by atoms with Crippen molar-refractivity contribution in [3.63, 3.8) is 0 Å². The number of carboxylic acids is 1. The zero-order valence-electron chi connectivity index (χ0n) is 24.6. The van der Waals surface area contributed by atoms with Gasteiger partial charge < -0.3 is 14.8 Å². The van der Waals surface area contributed by atoms with E-state index in [0.29, 0.717) is 28.6 Å². The van der Waals surface area contributed by atoms with Crippen LogP contribution in [0.2, 0.25) is 10.0 Å². The molecule has 0 saturated heterocycles. The standard InChI is InChI=1S/C35H32Cl2N2O4Si/c1-35(2,3)30(43-44(22-12-6-4-7-13-22)23-14-8-5-9-15-23)20-25-24-16-10-19-29(32(24)38-21-26(25)34(41)42)39-33(40)31-27(36)17-11-18-28(31)37/h4-19,21,30,44H,20H2,1-3H3,(H,39,40)(H,41,42). The number of carbonyl (C=O) groups is 2. The van der Waals surface area contributed by atoms with Crippen LogP contribution in [0.1, 0.15) is 47.1 Å². The van der Waals surface area contributed by atoms with Crippen LogP contribution in [-0.4, -0.2) is 37.1 Å². The number of aromatic nitrogens is 1. The number of hydrogen-bond acceptors (Lipinski definition) is 4. The normalized spacial score (nSPS) is 12.3. The zero-order chi connectivity index (χ0) is 31.4. The molecule has 1 unspecified atom stereocenters. The van der Waals surface area contributed by atoms with Crippen LogP contribution >= 0.6 is 23.2 Å². The number of halogens is 2. The fourth-order valence-electron chi connectivity index (χ4n) is 5.20. The minimum atomic E-state index is -2.17. The first-order valence-electron chi connectivity index (χ1n) is 14.2. The van der Waals surface area contributed by atoms with Crippen molar-refractivity contribution in [3.8, 4) is 0 Å². The van der Waals surface area contributed by atoms with Crippen molar-refractivity contribution >= 4 is 71.1 Å². The lowest BCUT2D eigenvalue weighted by molar-refractivity contribution is 0.0688. The number of anilines is 1. The molecule has 224 valence electrons. The first-order chi connectivity index (χ1) is 21.0. The molecule has 0 saturated carbocycles. The molecular weight excluding hydrogens is 611 g/mol. The molecule has 5 aromatic rings. The number of rotatable bonds is 9. The molecule has 44 heavy (non-hydrogen) atoms. The molecule has 2 N–H and O–H groups in total. The fourth-order valence-corrected chi connectivity index (χ4v) is 8.44. The summed E-state index contributed by atoms with van der Waals surface area (Å²) in [6, 6.07) is 30.5. The summed E-state index contributed by atoms with van der Waals surface area (Å²) in [5, 5.41) is 16.4. The molecule has 0 aliphatic heterocycles. The van der Waals surface area contributed by atoms with Crippen molar-refractivity contribution < 1.29 is 19.1 Å². The number of nitrogens with one attached hydrogen (secondary N) is 1. The summed E-state index contributed by atoms with van der Waals surface area (Å²) in [5.41, 5.74) is 1.35. The van der Waals surface area contributed by atoms with Crippen molar-refractivity contribution in [2.24, 2.45) is 5.41 Å². The Bertz CT molecular complexity index is 1750. The average Bonchev–Trinajstić information content (AvgIpc) is 2.99. The van der Waals surface area contributed by atoms with E-state index in [4.69, 9.17) is 27.6 Å². The molecule has 0 radical (unpaired) electrons. The van der Waals surface area contributed by atoms with Crippen LogP contribution in [0.15, 0.2) is 103 Å². The van der Waals surface area contributed by atoms with Gasteiger partial charge in [-0.05, 0) is 46.0 Å². The summed E-state index contributed by atoms with van der Waals surface area (Å²) in [4.78, 5) is 30.2. The predicted octanol–water partition coefficient (Wildman–Crippen LogP) is 7.00. The molecule has 1 amide bonds. The number of nitrogens with zero attached hydrogens (tertiary/aromatic N) is 1. The fraction of sp³-hybridized carbons (Fsp3) is 0.171. The molecule has 9 heteroatoms. The number of aromatic carboxylic acids is 1. The average molecular weight is 644 g/mol. The van der Waals surface area contributed by atoms with Gasteiger partial charge in [-0.25, -0.2) is 4.79 Å². The van der Waals surface area contributed by atoms with Crippen LogP contribution < -0.4 is 15.7 Å². The van der Waals surface area contributed by atoms with Gasteiger partial charge in [0, 0.05) is 11.6 Å². The van der Waals surface area contributed by atoms with Crippen LogP contribution in [0.3, 0.4) is 0 Å². The van der Waals surface area contributed by atoms with Gasteiger partial charge in [0.05, 0.1) is 38.5 Å². The van der Waals surface area contributed by atoms with Gasteiger partial charge in [0.15, 0.2) is 0 Å². The minimum Gasteiger partial charge on any atom is -0.478 e. The van der Waals surface area contributed by atoms with Crippen molar-refractivity contribution in [2.75, 3.05) is 5.32 Å². The molecule has 1 atom stereocenters. The lowest BCUT2D eigenvalue weighted by Gasteiger charge is -2.35. The van der Waals surface area contributed by atoms with Gasteiger partial charge in [0.2, 0.25) is 9.04 Å². The molecule has 0 aliphatic rings. The smallest absolute Gasteiger partial charge is 0.337 e. The van der Waals surface area contributed by atoms with E-state index >= 15 is 0 Å². The summed E-state index contributed by atoms with van der Waals surface area (Å²) in [7, 11) is -2.17. The molecule has 0 fully saturated rings. The lowest BCUT2D eigenvalue weighted by Crippen LogP contribution is -2.50. The van der Waals surface area contributed by atoms with E-state index in [1.54, 1.807) is 30.3 Å². The Kier molecular flexibility index (Phi) is 9.51. The van der Waals surface area contributed by atoms with E-state index in [0.717, 1.165) is 10.4 Å². The van der Waals surface area contributed by atoms with Crippen molar-refractivity contribution in [1.29, 1.82) is 0 Å². The first-order valence-corrected chi connectivity index (χ1v) is 16.6. The van der Waals surface area contributed by atoms with Gasteiger partial charge in [-0.15, -0.1) is 0 Å². The van der Waals surface area contributed by atoms with E-state index in [1.165, 1.54) is 6.20 Å². The Labute approximate surface area is 268 Å². The first kappa shape index (κ1) is 31.4. The van der Waals surface area contributed by atoms with Crippen LogP contribution in [0.25, 0.3) is 10.9 Å². The van der Waals surface area contributed by atoms with Crippen LogP contribution in [0.4, 0.5) is 5.69 Å². The number of benzene rings is 4. The largest absolute Gasteiger partial charge is 0.478 e. The van der Waals surface area contributed by atoms with Gasteiger partial charge in [0.1, 0.15) is 0 Å². The Morgan fingerprint density at radius 3 is 1.98 bits per heavy atom. The molecule has 1 heterocycles. The van der Waals surface area contributed by atoms with E-state index in [2.05, 4.69) is 55.3 Å². The third-order valence-electron chi connectivity index (χ3n) is 7.54. The number of hydrogen-bond donors (Lipinski definition) is 2. The van der Waals surface area contributed by atoms with Crippen molar-refractivity contribution in [1.82, 2.24) is 4.98 Å². The highest BCUT2D eigenvalue weighted by atomic mass is 35.5. The van der Waals surface area contributed by atoms with Gasteiger partial charge in [-0.1, -0.05) is 123 Å². The Hall–Kier alpha value is -4.01. The van der Waals surface area contributed by atoms with E-state index < -0.39 is 20.9 Å². The van der Waals surface area contributed by atoms with E-state index in [1.807, 2.05) is 42.5 Å². The number of carbonyl (C=O) groups excluding carboxylic acids is 1. The van der Waals surface area contributed by atoms with Gasteiger partial charge >= 0.3 is 5.97 Å². The Morgan fingerprint density at radius 2 is 1.43 bits per heavy atom. The number of fused-ring (bicyclic) bond motifs is 1. The molecule has 5 rings (SSSR count). The van der Waals surface area contributed by atoms with Gasteiger partial charge in [-0.3, -0.25) is 9.78 Å². The molecule has 4 aromatic carbocycles. The SMILES string of the molecule is CC(C)(C)C(Cc1c(C(=O)O)cnc2c(NC(=O)c3c(Cl)cccc3Cl)cccc12)O[SiH](c1ccccc1)c1ccccc1. The maximum absolute atomic E-state index is 13.2. The monoisotopic (exact) mass is 642 g/mol. The summed E-state index contributed by atoms with van der Waals surface area (Å²) in [6.07, 6.45) is 1.32. The van der Waals surface area contributed by atoms with Crippen molar-refractivity contribution in [2.45, 2.75) is 33.3 Å². The second-order valence-corrected chi connectivity index (χ2v) is 14.8. The highest BCUT2D eigenvalue weighted by molar-refractivity contribution is 6.80. The van der Waals surface area contributed by atoms with E-state index in [-0.39, 0.29) is 32.7 Å². The molecule has 0 bridgehead atoms. The predicted molar refractivity (Wildman–Crippen MR) is 180 cm³/mol. The summed E-state index contributed by atoms with van der Waals surface area (Å²) < 4.78 is 7.08. The minimum absolute atomic E-state index is 0.0885. The molecular formula is C35H32Cl2N2O4Si. The lowest BCUT2D eigenvalue weighted by atomic mass is 9.84. The molecule has 0 spiro atoms. The molecule has 0 aliphatic carbocycles. The highest BCUT2D eigenvalue weighted by Crippen LogP contribution is 2.33. The second kappa shape index (κ2) is 13.3. The summed E-state index contributed by atoms with van der Waals surface area (Å²) >= 11 is 12.6. The maximum atomic E-state index is 13.2. The number of pyridine rings is 1. The van der Waals surface area contributed by atoms with Crippen LogP contribution in [-0.2, 0) is 10.8 Å². The Morgan fingerprint density at radius 1 is 0.864 bits per heavy atom. The van der Waals surface area contributed by atoms with Crippen molar-refractivity contribution in [3.05, 3.63) is 130 Å². The Balaban J connectivity index is 1.58. The van der Waals surface area contributed by atoms with Gasteiger partial charge in [-0.2, -0.15) is 0 Å². The second-order valence-electron chi connectivity index (χ2n) is 11.6. The highest BCUT2D eigenvalue weighted by Gasteiger charge is 2.33. The summed E-state index contributed by atoms with van der Waals surface area (Å²) in [5.74, 6) is -1.58. The van der Waals surface area contributed by atoms with Crippen LogP contribution in [0, 0.1) is 5.41 Å². The third kappa shape index (κ3) is 6.87. The third-order valence-corrected chi connectivity index (χ3v) is 10.7. The van der Waals surface area contributed by atoms with Crippen LogP contribution in [0.5, 0.6) is 0 Å².